The van der Waals surface area contributed by atoms with Crippen LogP contribution in [0.15, 0.2) is 34.8 Å². The molecule has 0 radical (unpaired) electrons. The van der Waals surface area contributed by atoms with E-state index >= 15 is 0 Å². The maximum Gasteiger partial charge on any atom is 0.180 e. The van der Waals surface area contributed by atoms with Crippen LogP contribution in [0.2, 0.25) is 0 Å². The fourth-order valence-corrected chi connectivity index (χ4v) is 2.21. The van der Waals surface area contributed by atoms with Crippen LogP contribution in [0, 0.1) is 0 Å². The molecule has 0 amide bonds. The van der Waals surface area contributed by atoms with E-state index in [1.165, 1.54) is 0 Å². The Morgan fingerprint density at radius 3 is 2.65 bits per heavy atom. The molecule has 0 aliphatic carbocycles. The lowest BCUT2D eigenvalue weighted by atomic mass is 10.2. The number of halogens is 1. The number of benzene rings is 1. The number of rotatable bonds is 2. The Kier molecular flexibility index (Phi) is 3.10. The first-order valence-electron chi connectivity index (χ1n) is 6.14. The SMILES string of the molecule is CN(C)c1ccc2[nH]c(-c3ccc(Br)c(N)c3)nc2n1. The number of pyridine rings is 1. The van der Waals surface area contributed by atoms with Gasteiger partial charge in [0.2, 0.25) is 0 Å². The molecule has 0 saturated carbocycles. The normalized spacial score (nSPS) is 10.9. The minimum Gasteiger partial charge on any atom is -0.398 e. The summed E-state index contributed by atoms with van der Waals surface area (Å²) in [6, 6.07) is 9.70. The number of nitrogens with zero attached hydrogens (tertiary/aromatic N) is 3. The van der Waals surface area contributed by atoms with Crippen molar-refractivity contribution in [1.29, 1.82) is 0 Å². The number of nitrogens with two attached hydrogens (primary N) is 1. The Hall–Kier alpha value is -2.08. The Bertz CT molecular complexity index is 778. The number of anilines is 2. The highest BCUT2D eigenvalue weighted by atomic mass is 79.9. The smallest absolute Gasteiger partial charge is 0.180 e. The van der Waals surface area contributed by atoms with E-state index in [0.29, 0.717) is 11.3 Å². The number of hydrogen-bond acceptors (Lipinski definition) is 4. The van der Waals surface area contributed by atoms with Gasteiger partial charge < -0.3 is 15.6 Å². The second-order valence-corrected chi connectivity index (χ2v) is 5.61. The second kappa shape index (κ2) is 4.79. The fraction of sp³-hybridized carbons (Fsp3) is 0.143. The average Bonchev–Trinajstić information content (AvgIpc) is 2.84. The first-order valence-corrected chi connectivity index (χ1v) is 6.93. The van der Waals surface area contributed by atoms with E-state index in [0.717, 1.165) is 27.2 Å². The molecule has 5 nitrogen and oxygen atoms in total. The number of imidazole rings is 1. The average molecular weight is 332 g/mol. The van der Waals surface area contributed by atoms with Crippen LogP contribution in [-0.2, 0) is 0 Å². The molecule has 0 fully saturated rings. The molecule has 1 aromatic carbocycles. The van der Waals surface area contributed by atoms with E-state index < -0.39 is 0 Å². The summed E-state index contributed by atoms with van der Waals surface area (Å²) in [6.07, 6.45) is 0. The number of H-pyrrole nitrogens is 1. The maximum atomic E-state index is 5.91. The quantitative estimate of drug-likeness (QED) is 0.708. The van der Waals surface area contributed by atoms with E-state index in [4.69, 9.17) is 5.73 Å². The molecule has 3 aromatic rings. The molecule has 0 spiro atoms. The van der Waals surface area contributed by atoms with E-state index in [2.05, 4.69) is 30.9 Å². The molecule has 0 atom stereocenters. The number of aromatic nitrogens is 3. The monoisotopic (exact) mass is 331 g/mol. The molecule has 0 aliphatic rings. The number of aromatic amines is 1. The van der Waals surface area contributed by atoms with Crippen molar-refractivity contribution in [3.8, 4) is 11.4 Å². The second-order valence-electron chi connectivity index (χ2n) is 4.76. The van der Waals surface area contributed by atoms with E-state index in [1.54, 1.807) is 0 Å². The van der Waals surface area contributed by atoms with Gasteiger partial charge in [0.1, 0.15) is 11.6 Å². The third-order valence-corrected chi connectivity index (χ3v) is 3.78. The van der Waals surface area contributed by atoms with Gasteiger partial charge in [0.25, 0.3) is 0 Å². The molecule has 2 heterocycles. The lowest BCUT2D eigenvalue weighted by Crippen LogP contribution is -2.10. The van der Waals surface area contributed by atoms with Crippen molar-refractivity contribution < 1.29 is 0 Å². The van der Waals surface area contributed by atoms with Crippen LogP contribution >= 0.6 is 15.9 Å². The molecule has 0 aliphatic heterocycles. The molecule has 20 heavy (non-hydrogen) atoms. The molecule has 3 rings (SSSR count). The molecular formula is C14H14BrN5. The molecule has 6 heteroatoms. The van der Waals surface area contributed by atoms with Gasteiger partial charge in [0.05, 0.1) is 5.52 Å². The minimum absolute atomic E-state index is 0.685. The van der Waals surface area contributed by atoms with Crippen molar-refractivity contribution in [3.05, 3.63) is 34.8 Å². The summed E-state index contributed by atoms with van der Waals surface area (Å²) in [5.41, 5.74) is 9.14. The Labute approximate surface area is 125 Å². The predicted molar refractivity (Wildman–Crippen MR) is 85.8 cm³/mol. The van der Waals surface area contributed by atoms with Crippen LogP contribution in [0.5, 0.6) is 0 Å². The van der Waals surface area contributed by atoms with Gasteiger partial charge in [0, 0.05) is 29.8 Å². The molecule has 0 bridgehead atoms. The summed E-state index contributed by atoms with van der Waals surface area (Å²) < 4.78 is 0.880. The van der Waals surface area contributed by atoms with Gasteiger partial charge in [-0.2, -0.15) is 0 Å². The lowest BCUT2D eigenvalue weighted by molar-refractivity contribution is 1.08. The summed E-state index contributed by atoms with van der Waals surface area (Å²) >= 11 is 3.39. The van der Waals surface area contributed by atoms with Crippen LogP contribution in [0.4, 0.5) is 11.5 Å². The van der Waals surface area contributed by atoms with Crippen molar-refractivity contribution in [2.45, 2.75) is 0 Å². The Morgan fingerprint density at radius 1 is 1.15 bits per heavy atom. The van der Waals surface area contributed by atoms with E-state index in [-0.39, 0.29) is 0 Å². The van der Waals surface area contributed by atoms with Gasteiger partial charge in [-0.1, -0.05) is 0 Å². The highest BCUT2D eigenvalue weighted by molar-refractivity contribution is 9.10. The topological polar surface area (TPSA) is 70.8 Å². The van der Waals surface area contributed by atoms with Crippen LogP contribution in [0.25, 0.3) is 22.6 Å². The predicted octanol–water partition coefficient (Wildman–Crippen LogP) is 3.04. The standard InChI is InChI=1S/C14H14BrN5/c1-20(2)12-6-5-11-14(18-12)19-13(17-11)8-3-4-9(15)10(16)7-8/h3-7H,16H2,1-2H3,(H,17,18,19). The van der Waals surface area contributed by atoms with Gasteiger partial charge in [-0.15, -0.1) is 0 Å². The largest absolute Gasteiger partial charge is 0.398 e. The van der Waals surface area contributed by atoms with Gasteiger partial charge in [-0.25, -0.2) is 9.97 Å². The summed E-state index contributed by atoms with van der Waals surface area (Å²) in [5, 5.41) is 0. The Morgan fingerprint density at radius 2 is 1.95 bits per heavy atom. The van der Waals surface area contributed by atoms with E-state index in [1.807, 2.05) is 49.3 Å². The number of nitrogens with one attached hydrogen (secondary N) is 1. The molecule has 102 valence electrons. The fourth-order valence-electron chi connectivity index (χ4n) is 1.96. The number of nitrogen functional groups attached to an aromatic ring is 1. The molecular weight excluding hydrogens is 318 g/mol. The van der Waals surface area contributed by atoms with Gasteiger partial charge in [-0.3, -0.25) is 0 Å². The molecule has 3 N–H and O–H groups in total. The highest BCUT2D eigenvalue weighted by Crippen LogP contribution is 2.27. The van der Waals surface area contributed by atoms with E-state index in [9.17, 15) is 0 Å². The van der Waals surface area contributed by atoms with Gasteiger partial charge in [0.15, 0.2) is 5.65 Å². The van der Waals surface area contributed by atoms with Crippen molar-refractivity contribution in [3.63, 3.8) is 0 Å². The van der Waals surface area contributed by atoms with Gasteiger partial charge >= 0.3 is 0 Å². The van der Waals surface area contributed by atoms with Crippen LogP contribution in [0.3, 0.4) is 0 Å². The Balaban J connectivity index is 2.10. The first-order chi connectivity index (χ1) is 9.54. The first kappa shape index (κ1) is 12.9. The summed E-state index contributed by atoms with van der Waals surface area (Å²) in [7, 11) is 3.91. The summed E-state index contributed by atoms with van der Waals surface area (Å²) in [6.45, 7) is 0. The van der Waals surface area contributed by atoms with Gasteiger partial charge in [-0.05, 0) is 46.3 Å². The van der Waals surface area contributed by atoms with Crippen molar-refractivity contribution in [2.24, 2.45) is 0 Å². The minimum atomic E-state index is 0.685. The zero-order valence-corrected chi connectivity index (χ0v) is 12.8. The van der Waals surface area contributed by atoms with Crippen LogP contribution in [0.1, 0.15) is 0 Å². The zero-order chi connectivity index (χ0) is 14.3. The highest BCUT2D eigenvalue weighted by Gasteiger charge is 2.09. The summed E-state index contributed by atoms with van der Waals surface area (Å²) in [5.74, 6) is 1.65. The lowest BCUT2D eigenvalue weighted by Gasteiger charge is -2.09. The number of fused-ring (bicyclic) bond motifs is 1. The van der Waals surface area contributed by atoms with Crippen LogP contribution < -0.4 is 10.6 Å². The third kappa shape index (κ3) is 2.22. The molecule has 2 aromatic heterocycles. The van der Waals surface area contributed by atoms with Crippen molar-refractivity contribution in [2.75, 3.05) is 24.7 Å². The summed E-state index contributed by atoms with van der Waals surface area (Å²) in [4.78, 5) is 14.2. The number of hydrogen-bond donors (Lipinski definition) is 2. The van der Waals surface area contributed by atoms with Crippen molar-refractivity contribution in [1.82, 2.24) is 15.0 Å². The third-order valence-electron chi connectivity index (χ3n) is 3.06. The van der Waals surface area contributed by atoms with Crippen molar-refractivity contribution >= 4 is 38.6 Å². The zero-order valence-electron chi connectivity index (χ0n) is 11.2. The van der Waals surface area contributed by atoms with Crippen LogP contribution in [-0.4, -0.2) is 29.0 Å². The molecule has 0 unspecified atom stereocenters. The molecule has 0 saturated heterocycles. The maximum absolute atomic E-state index is 5.91.